The molecule has 0 aromatic heterocycles. The second kappa shape index (κ2) is 9.72. The minimum Gasteiger partial charge on any atom is -0.497 e. The van der Waals surface area contributed by atoms with Crippen LogP contribution >= 0.6 is 0 Å². The Kier molecular flexibility index (Phi) is 7.36. The van der Waals surface area contributed by atoms with Crippen LogP contribution in [0, 0.1) is 0 Å². The number of hydrogen-bond donors (Lipinski definition) is 2. The average molecular weight is 379 g/mol. The lowest BCUT2D eigenvalue weighted by Gasteiger charge is -2.25. The molecule has 8 heteroatoms. The SMILES string of the molecule is COc1ccc(C(CNC(=O)Nc2ccccc2OC(F)F)N(C)C)cc1. The first-order valence-electron chi connectivity index (χ1n) is 8.29. The predicted octanol–water partition coefficient (Wildman–Crippen LogP) is 3.72. The number of urea groups is 1. The quantitative estimate of drug-likeness (QED) is 0.734. The van der Waals surface area contributed by atoms with Crippen LogP contribution in [0.25, 0.3) is 0 Å². The zero-order chi connectivity index (χ0) is 19.8. The number of alkyl halides is 2. The molecule has 0 aliphatic heterocycles. The molecule has 0 bridgehead atoms. The summed E-state index contributed by atoms with van der Waals surface area (Å²) in [4.78, 5) is 14.2. The van der Waals surface area contributed by atoms with Crippen LogP contribution in [0.5, 0.6) is 11.5 Å². The van der Waals surface area contributed by atoms with Crippen LogP contribution in [0.15, 0.2) is 48.5 Å². The molecule has 2 rings (SSSR count). The number of carbonyl (C=O) groups is 1. The molecule has 0 spiro atoms. The molecule has 0 aliphatic rings. The minimum atomic E-state index is -2.97. The molecular formula is C19H23F2N3O3. The highest BCUT2D eigenvalue weighted by Gasteiger charge is 2.16. The molecule has 2 amide bonds. The Hall–Kier alpha value is -2.87. The minimum absolute atomic E-state index is 0.0748. The average Bonchev–Trinajstić information content (AvgIpc) is 2.63. The van der Waals surface area contributed by atoms with E-state index in [0.29, 0.717) is 6.54 Å². The van der Waals surface area contributed by atoms with Gasteiger partial charge in [0.25, 0.3) is 0 Å². The molecule has 1 atom stereocenters. The smallest absolute Gasteiger partial charge is 0.387 e. The highest BCUT2D eigenvalue weighted by atomic mass is 19.3. The topological polar surface area (TPSA) is 62.8 Å². The van der Waals surface area contributed by atoms with Crippen LogP contribution in [-0.4, -0.2) is 45.3 Å². The Morgan fingerprint density at radius 2 is 1.78 bits per heavy atom. The van der Waals surface area contributed by atoms with E-state index in [9.17, 15) is 13.6 Å². The molecule has 2 N–H and O–H groups in total. The summed E-state index contributed by atoms with van der Waals surface area (Å²) in [6.45, 7) is -2.65. The third-order valence-electron chi connectivity index (χ3n) is 3.93. The number of nitrogens with one attached hydrogen (secondary N) is 2. The zero-order valence-corrected chi connectivity index (χ0v) is 15.4. The Labute approximate surface area is 157 Å². The van der Waals surface area contributed by atoms with Crippen LogP contribution < -0.4 is 20.1 Å². The standard InChI is InChI=1S/C19H23F2N3O3/c1-24(2)16(13-8-10-14(26-3)11-9-13)12-22-19(25)23-15-6-4-5-7-17(15)27-18(20)21/h4-11,16,18H,12H2,1-3H3,(H2,22,23,25). The van der Waals surface area contributed by atoms with E-state index in [1.165, 1.54) is 12.1 Å². The molecule has 0 fully saturated rings. The number of hydrogen-bond acceptors (Lipinski definition) is 4. The fourth-order valence-electron chi connectivity index (χ4n) is 2.55. The third-order valence-corrected chi connectivity index (χ3v) is 3.93. The summed E-state index contributed by atoms with van der Waals surface area (Å²) < 4.78 is 34.5. The van der Waals surface area contributed by atoms with E-state index < -0.39 is 12.6 Å². The van der Waals surface area contributed by atoms with Crippen molar-refractivity contribution in [3.63, 3.8) is 0 Å². The summed E-state index contributed by atoms with van der Waals surface area (Å²) >= 11 is 0. The van der Waals surface area contributed by atoms with E-state index in [4.69, 9.17) is 4.74 Å². The van der Waals surface area contributed by atoms with Gasteiger partial charge >= 0.3 is 12.6 Å². The van der Waals surface area contributed by atoms with Crippen molar-refractivity contribution in [3.8, 4) is 11.5 Å². The number of likely N-dealkylation sites (N-methyl/N-ethyl adjacent to an activating group) is 1. The highest BCUT2D eigenvalue weighted by Crippen LogP contribution is 2.25. The predicted molar refractivity (Wildman–Crippen MR) is 99.5 cm³/mol. The van der Waals surface area contributed by atoms with Gasteiger partial charge in [-0.25, -0.2) is 4.79 Å². The van der Waals surface area contributed by atoms with E-state index >= 15 is 0 Å². The zero-order valence-electron chi connectivity index (χ0n) is 15.4. The molecule has 27 heavy (non-hydrogen) atoms. The van der Waals surface area contributed by atoms with E-state index in [0.717, 1.165) is 11.3 Å². The van der Waals surface area contributed by atoms with Crippen molar-refractivity contribution in [3.05, 3.63) is 54.1 Å². The van der Waals surface area contributed by atoms with Crippen molar-refractivity contribution >= 4 is 11.7 Å². The summed E-state index contributed by atoms with van der Waals surface area (Å²) in [6.07, 6.45) is 0. The lowest BCUT2D eigenvalue weighted by atomic mass is 10.1. The summed E-state index contributed by atoms with van der Waals surface area (Å²) in [6, 6.07) is 13.0. The van der Waals surface area contributed by atoms with Gasteiger partial charge in [0.15, 0.2) is 0 Å². The maximum absolute atomic E-state index is 12.5. The van der Waals surface area contributed by atoms with Gasteiger partial charge in [0.1, 0.15) is 11.5 Å². The van der Waals surface area contributed by atoms with E-state index in [1.54, 1.807) is 19.2 Å². The number of halogens is 2. The van der Waals surface area contributed by atoms with Gasteiger partial charge in [-0.05, 0) is 43.9 Å². The molecule has 146 valence electrons. The Balaban J connectivity index is 2.00. The molecule has 0 radical (unpaired) electrons. The Bertz CT molecular complexity index is 739. The number of anilines is 1. The van der Waals surface area contributed by atoms with Gasteiger partial charge in [-0.3, -0.25) is 0 Å². The molecule has 2 aromatic rings. The van der Waals surface area contributed by atoms with Gasteiger partial charge in [-0.2, -0.15) is 8.78 Å². The van der Waals surface area contributed by atoms with Crippen LogP contribution in [0.1, 0.15) is 11.6 Å². The molecule has 0 saturated carbocycles. The number of ether oxygens (including phenoxy) is 2. The highest BCUT2D eigenvalue weighted by molar-refractivity contribution is 5.90. The molecule has 2 aromatic carbocycles. The number of nitrogens with zero attached hydrogens (tertiary/aromatic N) is 1. The maximum atomic E-state index is 12.5. The van der Waals surface area contributed by atoms with E-state index in [-0.39, 0.29) is 17.5 Å². The van der Waals surface area contributed by atoms with Gasteiger partial charge in [-0.15, -0.1) is 0 Å². The van der Waals surface area contributed by atoms with Crippen molar-refractivity contribution in [2.24, 2.45) is 0 Å². The normalized spacial score (nSPS) is 12.0. The largest absolute Gasteiger partial charge is 0.497 e. The third kappa shape index (κ3) is 6.10. The van der Waals surface area contributed by atoms with Crippen molar-refractivity contribution in [1.82, 2.24) is 10.2 Å². The van der Waals surface area contributed by atoms with Gasteiger partial charge in [-0.1, -0.05) is 24.3 Å². The van der Waals surface area contributed by atoms with E-state index in [2.05, 4.69) is 15.4 Å². The molecular weight excluding hydrogens is 356 g/mol. The fourth-order valence-corrected chi connectivity index (χ4v) is 2.55. The van der Waals surface area contributed by atoms with Crippen LogP contribution in [0.2, 0.25) is 0 Å². The van der Waals surface area contributed by atoms with Crippen molar-refractivity contribution in [2.45, 2.75) is 12.7 Å². The number of methoxy groups -OCH3 is 1. The second-order valence-electron chi connectivity index (χ2n) is 5.96. The summed E-state index contributed by atoms with van der Waals surface area (Å²) in [7, 11) is 5.40. The number of rotatable bonds is 8. The lowest BCUT2D eigenvalue weighted by Crippen LogP contribution is -2.37. The van der Waals surface area contributed by atoms with Crippen LogP contribution in [0.3, 0.4) is 0 Å². The van der Waals surface area contributed by atoms with Crippen molar-refractivity contribution < 1.29 is 23.0 Å². The lowest BCUT2D eigenvalue weighted by molar-refractivity contribution is -0.0493. The Morgan fingerprint density at radius 3 is 2.37 bits per heavy atom. The first-order valence-corrected chi connectivity index (χ1v) is 8.29. The van der Waals surface area contributed by atoms with E-state index in [1.807, 2.05) is 43.3 Å². The Morgan fingerprint density at radius 1 is 1.11 bits per heavy atom. The van der Waals surface area contributed by atoms with Gasteiger partial charge < -0.3 is 25.0 Å². The summed E-state index contributed by atoms with van der Waals surface area (Å²) in [5.41, 5.74) is 1.17. The molecule has 0 saturated heterocycles. The van der Waals surface area contributed by atoms with Gasteiger partial charge in [0.2, 0.25) is 0 Å². The number of amides is 2. The van der Waals surface area contributed by atoms with Crippen LogP contribution in [-0.2, 0) is 0 Å². The second-order valence-corrected chi connectivity index (χ2v) is 5.96. The molecule has 0 heterocycles. The summed E-state index contributed by atoms with van der Waals surface area (Å²) in [5, 5.41) is 5.29. The van der Waals surface area contributed by atoms with Crippen LogP contribution in [0.4, 0.5) is 19.3 Å². The monoisotopic (exact) mass is 379 g/mol. The first kappa shape index (κ1) is 20.4. The number of benzene rings is 2. The fraction of sp³-hybridized carbons (Fsp3) is 0.316. The number of carbonyl (C=O) groups excluding carboxylic acids is 1. The molecule has 6 nitrogen and oxygen atoms in total. The molecule has 1 unspecified atom stereocenters. The maximum Gasteiger partial charge on any atom is 0.387 e. The van der Waals surface area contributed by atoms with Gasteiger partial charge in [0.05, 0.1) is 18.8 Å². The number of para-hydroxylation sites is 2. The first-order chi connectivity index (χ1) is 12.9. The van der Waals surface area contributed by atoms with Crippen molar-refractivity contribution in [1.29, 1.82) is 0 Å². The van der Waals surface area contributed by atoms with Crippen molar-refractivity contribution in [2.75, 3.05) is 33.1 Å². The molecule has 0 aliphatic carbocycles. The van der Waals surface area contributed by atoms with Gasteiger partial charge in [0, 0.05) is 6.54 Å². The summed E-state index contributed by atoms with van der Waals surface area (Å²) in [5.74, 6) is 0.652.